The van der Waals surface area contributed by atoms with Crippen LogP contribution in [0.1, 0.15) is 38.1 Å². The number of sulfonamides is 1. The van der Waals surface area contributed by atoms with E-state index < -0.39 is 10.0 Å². The summed E-state index contributed by atoms with van der Waals surface area (Å²) in [6.07, 6.45) is 1.39. The zero-order valence-electron chi connectivity index (χ0n) is 13.6. The van der Waals surface area contributed by atoms with E-state index in [2.05, 4.69) is 18.9 Å². The lowest BCUT2D eigenvalue weighted by atomic mass is 10.1. The molecule has 122 valence electrons. The highest BCUT2D eigenvalue weighted by molar-refractivity contribution is 7.89. The molecule has 0 bridgehead atoms. The normalized spacial score (nSPS) is 12.6. The Morgan fingerprint density at radius 3 is 2.48 bits per heavy atom. The molecule has 1 aromatic heterocycles. The van der Waals surface area contributed by atoms with Gasteiger partial charge in [-0.3, -0.25) is 4.68 Å². The van der Waals surface area contributed by atoms with Crippen LogP contribution in [-0.2, 0) is 16.6 Å². The van der Waals surface area contributed by atoms with Gasteiger partial charge in [-0.15, -0.1) is 0 Å². The monoisotopic (exact) mass is 317 g/mol. The number of hydrogen-bond donors (Lipinski definition) is 1. The van der Waals surface area contributed by atoms with Crippen molar-refractivity contribution >= 4 is 10.0 Å². The number of nitrogens with zero attached hydrogens (tertiary/aromatic N) is 3. The molecule has 0 unspecified atom stereocenters. The summed E-state index contributed by atoms with van der Waals surface area (Å²) in [4.78, 5) is 0.298. The van der Waals surface area contributed by atoms with Gasteiger partial charge in [0.1, 0.15) is 4.90 Å². The molecular weight excluding hydrogens is 290 g/mol. The molecule has 0 aliphatic heterocycles. The Bertz CT molecular complexity index is 564. The number of aryl methyl sites for hydroxylation is 2. The number of aliphatic hydroxyl groups is 1. The van der Waals surface area contributed by atoms with Gasteiger partial charge in [-0.25, -0.2) is 12.7 Å². The standard InChI is InChI=1S/C14H27N3O3S/c1-11(2)7-9-16(5)21(19,20)14-12(3)15-17(13(14)4)8-6-10-18/h11,18H,6-10H2,1-5H3. The minimum Gasteiger partial charge on any atom is -0.396 e. The van der Waals surface area contributed by atoms with Crippen LogP contribution in [0, 0.1) is 19.8 Å². The van der Waals surface area contributed by atoms with Crippen LogP contribution in [0.3, 0.4) is 0 Å². The third-order valence-corrected chi connectivity index (χ3v) is 5.64. The molecule has 1 N–H and O–H groups in total. The van der Waals surface area contributed by atoms with E-state index in [0.29, 0.717) is 41.7 Å². The van der Waals surface area contributed by atoms with Crippen LogP contribution in [0.15, 0.2) is 4.90 Å². The molecule has 1 heterocycles. The maximum atomic E-state index is 12.7. The smallest absolute Gasteiger partial charge is 0.246 e. The molecule has 1 rings (SSSR count). The van der Waals surface area contributed by atoms with Gasteiger partial charge in [0.15, 0.2) is 0 Å². The van der Waals surface area contributed by atoms with E-state index in [-0.39, 0.29) is 6.61 Å². The van der Waals surface area contributed by atoms with E-state index in [0.717, 1.165) is 6.42 Å². The summed E-state index contributed by atoms with van der Waals surface area (Å²) in [6, 6.07) is 0. The summed E-state index contributed by atoms with van der Waals surface area (Å²) in [5, 5.41) is 13.2. The highest BCUT2D eigenvalue weighted by atomic mass is 32.2. The number of aliphatic hydroxyl groups excluding tert-OH is 1. The Labute approximate surface area is 127 Å². The van der Waals surface area contributed by atoms with Crippen molar-refractivity contribution in [1.82, 2.24) is 14.1 Å². The van der Waals surface area contributed by atoms with Crippen molar-refractivity contribution in [3.63, 3.8) is 0 Å². The fourth-order valence-electron chi connectivity index (χ4n) is 2.21. The third-order valence-electron chi connectivity index (χ3n) is 3.53. The van der Waals surface area contributed by atoms with Crippen LogP contribution in [0.5, 0.6) is 0 Å². The van der Waals surface area contributed by atoms with Crippen molar-refractivity contribution in [1.29, 1.82) is 0 Å². The van der Waals surface area contributed by atoms with E-state index in [9.17, 15) is 8.42 Å². The number of aromatic nitrogens is 2. The third kappa shape index (κ3) is 4.28. The Morgan fingerprint density at radius 2 is 1.95 bits per heavy atom. The van der Waals surface area contributed by atoms with Crippen LogP contribution < -0.4 is 0 Å². The number of hydrogen-bond acceptors (Lipinski definition) is 4. The molecule has 7 heteroatoms. The predicted octanol–water partition coefficient (Wildman–Crippen LogP) is 1.55. The predicted molar refractivity (Wildman–Crippen MR) is 82.7 cm³/mol. The van der Waals surface area contributed by atoms with Crippen molar-refractivity contribution in [2.75, 3.05) is 20.2 Å². The van der Waals surface area contributed by atoms with Gasteiger partial charge >= 0.3 is 0 Å². The maximum Gasteiger partial charge on any atom is 0.246 e. The average Bonchev–Trinajstić information content (AvgIpc) is 2.68. The fraction of sp³-hybridized carbons (Fsp3) is 0.786. The first kappa shape index (κ1) is 18.1. The minimum atomic E-state index is -3.51. The van der Waals surface area contributed by atoms with E-state index in [4.69, 9.17) is 5.11 Å². The molecule has 0 aromatic carbocycles. The zero-order valence-corrected chi connectivity index (χ0v) is 14.4. The van der Waals surface area contributed by atoms with E-state index >= 15 is 0 Å². The molecule has 6 nitrogen and oxygen atoms in total. The second-order valence-electron chi connectivity index (χ2n) is 5.81. The zero-order chi connectivity index (χ0) is 16.2. The van der Waals surface area contributed by atoms with Crippen molar-refractivity contribution in [2.45, 2.75) is 52.0 Å². The van der Waals surface area contributed by atoms with Crippen LogP contribution in [0.4, 0.5) is 0 Å². The van der Waals surface area contributed by atoms with Gasteiger partial charge in [0, 0.05) is 26.7 Å². The van der Waals surface area contributed by atoms with Crippen molar-refractivity contribution < 1.29 is 13.5 Å². The second-order valence-corrected chi connectivity index (χ2v) is 7.79. The first-order valence-electron chi connectivity index (χ1n) is 7.33. The average molecular weight is 317 g/mol. The molecule has 0 amide bonds. The molecule has 0 aliphatic carbocycles. The highest BCUT2D eigenvalue weighted by Gasteiger charge is 2.28. The quantitative estimate of drug-likeness (QED) is 0.789. The molecule has 0 radical (unpaired) electrons. The molecule has 21 heavy (non-hydrogen) atoms. The van der Waals surface area contributed by atoms with Gasteiger partial charge in [-0.2, -0.15) is 5.10 Å². The van der Waals surface area contributed by atoms with Gasteiger partial charge in [0.05, 0.1) is 11.4 Å². The summed E-state index contributed by atoms with van der Waals surface area (Å²) >= 11 is 0. The van der Waals surface area contributed by atoms with Crippen LogP contribution in [0.2, 0.25) is 0 Å². The Morgan fingerprint density at radius 1 is 1.33 bits per heavy atom. The summed E-state index contributed by atoms with van der Waals surface area (Å²) in [7, 11) is -1.90. The lowest BCUT2D eigenvalue weighted by Crippen LogP contribution is -2.29. The van der Waals surface area contributed by atoms with Gasteiger partial charge in [0.2, 0.25) is 10.0 Å². The topological polar surface area (TPSA) is 75.4 Å². The van der Waals surface area contributed by atoms with Crippen LogP contribution in [0.25, 0.3) is 0 Å². The molecule has 0 atom stereocenters. The Balaban J connectivity index is 3.05. The van der Waals surface area contributed by atoms with E-state index in [1.165, 1.54) is 4.31 Å². The van der Waals surface area contributed by atoms with Crippen LogP contribution in [-0.4, -0.2) is 47.8 Å². The highest BCUT2D eigenvalue weighted by Crippen LogP contribution is 2.23. The Kier molecular flexibility index (Phi) is 6.37. The molecule has 0 spiro atoms. The van der Waals surface area contributed by atoms with Gasteiger partial charge in [-0.1, -0.05) is 13.8 Å². The van der Waals surface area contributed by atoms with Gasteiger partial charge < -0.3 is 5.11 Å². The number of rotatable bonds is 8. The largest absolute Gasteiger partial charge is 0.396 e. The molecule has 0 saturated heterocycles. The van der Waals surface area contributed by atoms with Crippen molar-refractivity contribution in [2.24, 2.45) is 5.92 Å². The van der Waals surface area contributed by atoms with Crippen molar-refractivity contribution in [3.8, 4) is 0 Å². The van der Waals surface area contributed by atoms with Gasteiger partial charge in [0.25, 0.3) is 0 Å². The lowest BCUT2D eigenvalue weighted by Gasteiger charge is -2.18. The maximum absolute atomic E-state index is 12.7. The summed E-state index contributed by atoms with van der Waals surface area (Å²) in [5.74, 6) is 0.456. The molecular formula is C14H27N3O3S. The molecule has 0 fully saturated rings. The molecule has 0 aliphatic rings. The molecule has 1 aromatic rings. The Hall–Kier alpha value is -0.920. The van der Waals surface area contributed by atoms with Gasteiger partial charge in [-0.05, 0) is 32.6 Å². The fourth-order valence-corrected chi connectivity index (χ4v) is 3.76. The molecule has 0 saturated carbocycles. The lowest BCUT2D eigenvalue weighted by molar-refractivity contribution is 0.276. The van der Waals surface area contributed by atoms with Crippen LogP contribution >= 0.6 is 0 Å². The summed E-state index contributed by atoms with van der Waals surface area (Å²) in [5.41, 5.74) is 1.15. The summed E-state index contributed by atoms with van der Waals surface area (Å²) in [6.45, 7) is 8.71. The van der Waals surface area contributed by atoms with E-state index in [1.807, 2.05) is 0 Å². The van der Waals surface area contributed by atoms with E-state index in [1.54, 1.807) is 25.6 Å². The first-order valence-corrected chi connectivity index (χ1v) is 8.77. The second kappa shape index (κ2) is 7.38. The summed E-state index contributed by atoms with van der Waals surface area (Å²) < 4.78 is 28.5. The minimum absolute atomic E-state index is 0.0642. The first-order chi connectivity index (χ1) is 9.71. The van der Waals surface area contributed by atoms with Crippen molar-refractivity contribution in [3.05, 3.63) is 11.4 Å². The SMILES string of the molecule is Cc1nn(CCCO)c(C)c1S(=O)(=O)N(C)CCC(C)C.